The standard InChI is InChI=1S/C13H17F4NO2/c1-2-10(18)8-9-4-3-5-11(14)12(9)19-6-7-20-13(15,16)17/h3-5,10H,2,6-8,18H2,1H3. The predicted octanol–water partition coefficient (Wildman–Crippen LogP) is 3.02. The van der Waals surface area contributed by atoms with Crippen LogP contribution in [0.15, 0.2) is 18.2 Å². The van der Waals surface area contributed by atoms with E-state index in [1.807, 2.05) is 6.92 Å². The molecule has 0 aliphatic rings. The van der Waals surface area contributed by atoms with Crippen molar-refractivity contribution in [2.24, 2.45) is 5.73 Å². The van der Waals surface area contributed by atoms with Crippen LogP contribution in [-0.4, -0.2) is 25.6 Å². The van der Waals surface area contributed by atoms with Gasteiger partial charge >= 0.3 is 6.36 Å². The van der Waals surface area contributed by atoms with Crippen LogP contribution in [0, 0.1) is 5.82 Å². The summed E-state index contributed by atoms with van der Waals surface area (Å²) in [7, 11) is 0. The monoisotopic (exact) mass is 295 g/mol. The summed E-state index contributed by atoms with van der Waals surface area (Å²) in [5, 5.41) is 0. The van der Waals surface area contributed by atoms with Gasteiger partial charge in [0, 0.05) is 6.04 Å². The van der Waals surface area contributed by atoms with E-state index in [2.05, 4.69) is 4.74 Å². The number of halogens is 4. The zero-order valence-electron chi connectivity index (χ0n) is 11.0. The lowest BCUT2D eigenvalue weighted by Crippen LogP contribution is -2.22. The van der Waals surface area contributed by atoms with Gasteiger partial charge in [0.05, 0.1) is 6.61 Å². The van der Waals surface area contributed by atoms with Crippen molar-refractivity contribution in [3.8, 4) is 5.75 Å². The first-order valence-corrected chi connectivity index (χ1v) is 6.20. The fraction of sp³-hybridized carbons (Fsp3) is 0.538. The van der Waals surface area contributed by atoms with Crippen LogP contribution in [0.25, 0.3) is 0 Å². The van der Waals surface area contributed by atoms with E-state index in [-0.39, 0.29) is 11.8 Å². The van der Waals surface area contributed by atoms with Gasteiger partial charge < -0.3 is 10.5 Å². The number of alkyl halides is 3. The summed E-state index contributed by atoms with van der Waals surface area (Å²) in [6.07, 6.45) is -3.62. The van der Waals surface area contributed by atoms with Gasteiger partial charge in [0.25, 0.3) is 0 Å². The molecule has 0 bridgehead atoms. The van der Waals surface area contributed by atoms with Gasteiger partial charge in [-0.1, -0.05) is 19.1 Å². The molecule has 0 aromatic heterocycles. The Morgan fingerprint density at radius 3 is 2.55 bits per heavy atom. The predicted molar refractivity (Wildman–Crippen MR) is 65.9 cm³/mol. The van der Waals surface area contributed by atoms with Gasteiger partial charge in [-0.25, -0.2) is 4.39 Å². The average molecular weight is 295 g/mol. The van der Waals surface area contributed by atoms with Crippen molar-refractivity contribution in [3.05, 3.63) is 29.6 Å². The molecule has 0 heterocycles. The van der Waals surface area contributed by atoms with Gasteiger partial charge in [-0.2, -0.15) is 0 Å². The lowest BCUT2D eigenvalue weighted by Gasteiger charge is -2.15. The molecule has 20 heavy (non-hydrogen) atoms. The molecule has 1 rings (SSSR count). The molecular formula is C13H17F4NO2. The maximum absolute atomic E-state index is 13.6. The van der Waals surface area contributed by atoms with E-state index in [1.54, 1.807) is 6.07 Å². The second kappa shape index (κ2) is 7.44. The molecule has 0 radical (unpaired) electrons. The van der Waals surface area contributed by atoms with Crippen LogP contribution < -0.4 is 10.5 Å². The SMILES string of the molecule is CCC(N)Cc1cccc(F)c1OCCOC(F)(F)F. The molecule has 0 saturated carbocycles. The van der Waals surface area contributed by atoms with Crippen molar-refractivity contribution >= 4 is 0 Å². The van der Waals surface area contributed by atoms with Crippen molar-refractivity contribution in [1.82, 2.24) is 0 Å². The van der Waals surface area contributed by atoms with Gasteiger partial charge in [-0.15, -0.1) is 13.2 Å². The lowest BCUT2D eigenvalue weighted by molar-refractivity contribution is -0.325. The van der Waals surface area contributed by atoms with E-state index in [1.165, 1.54) is 12.1 Å². The Hall–Kier alpha value is -1.34. The largest absolute Gasteiger partial charge is 0.522 e. The Kier molecular flexibility index (Phi) is 6.22. The summed E-state index contributed by atoms with van der Waals surface area (Å²) in [4.78, 5) is 0. The lowest BCUT2D eigenvalue weighted by atomic mass is 10.0. The molecule has 1 aromatic carbocycles. The third-order valence-corrected chi connectivity index (χ3v) is 2.65. The molecule has 114 valence electrons. The molecule has 1 unspecified atom stereocenters. The number of hydrogen-bond acceptors (Lipinski definition) is 3. The second-order valence-corrected chi connectivity index (χ2v) is 4.24. The van der Waals surface area contributed by atoms with E-state index in [0.717, 1.165) is 0 Å². The first-order valence-electron chi connectivity index (χ1n) is 6.20. The van der Waals surface area contributed by atoms with E-state index < -0.39 is 25.4 Å². The minimum atomic E-state index is -4.72. The topological polar surface area (TPSA) is 44.5 Å². The van der Waals surface area contributed by atoms with Crippen LogP contribution in [0.2, 0.25) is 0 Å². The quantitative estimate of drug-likeness (QED) is 0.621. The molecule has 1 atom stereocenters. The maximum atomic E-state index is 13.6. The molecule has 7 heteroatoms. The normalized spacial score (nSPS) is 13.3. The summed E-state index contributed by atoms with van der Waals surface area (Å²) in [6, 6.07) is 4.16. The Morgan fingerprint density at radius 2 is 1.95 bits per heavy atom. The van der Waals surface area contributed by atoms with E-state index >= 15 is 0 Å². The molecule has 2 N–H and O–H groups in total. The van der Waals surface area contributed by atoms with Crippen LogP contribution in [0.5, 0.6) is 5.75 Å². The first-order chi connectivity index (χ1) is 9.33. The van der Waals surface area contributed by atoms with Crippen LogP contribution in [0.4, 0.5) is 17.6 Å². The van der Waals surface area contributed by atoms with Crippen LogP contribution in [-0.2, 0) is 11.2 Å². The third kappa shape index (κ3) is 5.75. The van der Waals surface area contributed by atoms with Crippen molar-refractivity contribution in [3.63, 3.8) is 0 Å². The smallest absolute Gasteiger partial charge is 0.488 e. The fourth-order valence-corrected chi connectivity index (χ4v) is 1.60. The highest BCUT2D eigenvalue weighted by Crippen LogP contribution is 2.24. The van der Waals surface area contributed by atoms with Crippen LogP contribution in [0.3, 0.4) is 0 Å². The molecule has 1 aromatic rings. The minimum Gasteiger partial charge on any atom is -0.488 e. The van der Waals surface area contributed by atoms with Gasteiger partial charge in [0.2, 0.25) is 0 Å². The van der Waals surface area contributed by atoms with Gasteiger partial charge in [0.1, 0.15) is 6.61 Å². The summed E-state index contributed by atoms with van der Waals surface area (Å²) < 4.78 is 57.6. The molecule has 0 fully saturated rings. The number of para-hydroxylation sites is 1. The minimum absolute atomic E-state index is 0.0674. The second-order valence-electron chi connectivity index (χ2n) is 4.24. The number of ether oxygens (including phenoxy) is 2. The molecule has 0 aliphatic carbocycles. The fourth-order valence-electron chi connectivity index (χ4n) is 1.60. The average Bonchev–Trinajstić information content (AvgIpc) is 2.35. The number of nitrogens with two attached hydrogens (primary N) is 1. The third-order valence-electron chi connectivity index (χ3n) is 2.65. The summed E-state index contributed by atoms with van der Waals surface area (Å²) in [5.74, 6) is -0.694. The van der Waals surface area contributed by atoms with Crippen LogP contribution >= 0.6 is 0 Å². The number of hydrogen-bond donors (Lipinski definition) is 1. The molecule has 3 nitrogen and oxygen atoms in total. The van der Waals surface area contributed by atoms with Gasteiger partial charge in [-0.05, 0) is 24.5 Å². The molecule has 0 saturated heterocycles. The summed E-state index contributed by atoms with van der Waals surface area (Å²) in [6.45, 7) is 0.799. The van der Waals surface area contributed by atoms with E-state index in [4.69, 9.17) is 10.5 Å². The molecule has 0 spiro atoms. The van der Waals surface area contributed by atoms with Crippen LogP contribution in [0.1, 0.15) is 18.9 Å². The van der Waals surface area contributed by atoms with Crippen molar-refractivity contribution in [2.45, 2.75) is 32.2 Å². The maximum Gasteiger partial charge on any atom is 0.522 e. The zero-order valence-corrected chi connectivity index (χ0v) is 11.0. The number of benzene rings is 1. The Labute approximate surface area is 114 Å². The Balaban J connectivity index is 2.63. The van der Waals surface area contributed by atoms with Crippen molar-refractivity contribution in [2.75, 3.05) is 13.2 Å². The highest BCUT2D eigenvalue weighted by atomic mass is 19.4. The Bertz CT molecular complexity index is 423. The Morgan fingerprint density at radius 1 is 1.25 bits per heavy atom. The van der Waals surface area contributed by atoms with Crippen molar-refractivity contribution < 1.29 is 27.0 Å². The molecule has 0 amide bonds. The number of rotatable bonds is 7. The first kappa shape index (κ1) is 16.7. The van der Waals surface area contributed by atoms with E-state index in [0.29, 0.717) is 18.4 Å². The van der Waals surface area contributed by atoms with Gasteiger partial charge in [0.15, 0.2) is 11.6 Å². The highest BCUT2D eigenvalue weighted by molar-refractivity contribution is 5.35. The van der Waals surface area contributed by atoms with Crippen molar-refractivity contribution in [1.29, 1.82) is 0 Å². The zero-order chi connectivity index (χ0) is 15.2. The molecule has 0 aliphatic heterocycles. The van der Waals surface area contributed by atoms with E-state index in [9.17, 15) is 17.6 Å². The van der Waals surface area contributed by atoms with Gasteiger partial charge in [-0.3, -0.25) is 4.74 Å². The summed E-state index contributed by atoms with van der Waals surface area (Å²) in [5.41, 5.74) is 6.32. The highest BCUT2D eigenvalue weighted by Gasteiger charge is 2.28. The molecular weight excluding hydrogens is 278 g/mol. The summed E-state index contributed by atoms with van der Waals surface area (Å²) >= 11 is 0.